The van der Waals surface area contributed by atoms with E-state index in [1.54, 1.807) is 0 Å². The number of hydrogen-bond acceptors (Lipinski definition) is 7. The predicted octanol–water partition coefficient (Wildman–Crippen LogP) is -1.21. The number of carbonyl (C=O) groups is 3. The molecule has 0 aromatic heterocycles. The number of aliphatic hydroxyl groups is 1. The number of amides is 2. The number of thioether (sulfide) groups is 1. The van der Waals surface area contributed by atoms with Crippen molar-refractivity contribution in [3.05, 3.63) is 10.6 Å². The van der Waals surface area contributed by atoms with Gasteiger partial charge in [0.25, 0.3) is 0 Å². The van der Waals surface area contributed by atoms with Crippen molar-refractivity contribution in [1.29, 1.82) is 0 Å². The van der Waals surface area contributed by atoms with Crippen LogP contribution in [0.3, 0.4) is 0 Å². The highest BCUT2D eigenvalue weighted by atomic mass is 32.2. The molecule has 25 heavy (non-hydrogen) atoms. The number of sulfone groups is 1. The lowest BCUT2D eigenvalue weighted by atomic mass is 9.83. The molecule has 2 rings (SSSR count). The smallest absolute Gasteiger partial charge is 0.353 e. The first-order valence-electron chi connectivity index (χ1n) is 7.55. The monoisotopic (exact) mass is 392 g/mol. The maximum atomic E-state index is 12.3. The third-order valence-electron chi connectivity index (χ3n) is 4.01. The maximum Gasteiger partial charge on any atom is 0.353 e. The minimum atomic E-state index is -3.46. The Balaban J connectivity index is 2.08. The minimum absolute atomic E-state index is 0.120. The number of β-lactam (4-membered cyclic amide) rings is 1. The van der Waals surface area contributed by atoms with Crippen molar-refractivity contribution in [3.63, 3.8) is 0 Å². The molecule has 11 heteroatoms. The maximum absolute atomic E-state index is 12.3. The van der Waals surface area contributed by atoms with Crippen LogP contribution in [-0.4, -0.2) is 77.8 Å². The van der Waals surface area contributed by atoms with Crippen LogP contribution in [0.1, 0.15) is 13.3 Å². The van der Waals surface area contributed by atoms with E-state index in [-0.39, 0.29) is 18.0 Å². The number of nitrogens with zero attached hydrogens (tertiary/aromatic N) is 1. The molecule has 9 nitrogen and oxygen atoms in total. The van der Waals surface area contributed by atoms with Gasteiger partial charge in [0.1, 0.15) is 15.5 Å². The number of carboxylic acid groups (broad SMARTS) is 1. The molecule has 1 fully saturated rings. The van der Waals surface area contributed by atoms with E-state index in [2.05, 4.69) is 5.32 Å². The summed E-state index contributed by atoms with van der Waals surface area (Å²) < 4.78 is 22.6. The number of fused-ring (bicyclic) bond motifs is 1. The van der Waals surface area contributed by atoms with E-state index in [1.165, 1.54) is 18.7 Å². The molecular formula is C14H20N2O7S2. The second-order valence-corrected chi connectivity index (χ2v) is 9.45. The van der Waals surface area contributed by atoms with Gasteiger partial charge in [0.2, 0.25) is 11.8 Å². The second kappa shape index (κ2) is 7.34. The van der Waals surface area contributed by atoms with Gasteiger partial charge in [0, 0.05) is 36.8 Å². The Kier molecular flexibility index (Phi) is 5.79. The molecule has 0 unspecified atom stereocenters. The average Bonchev–Trinajstić information content (AvgIpc) is 2.76. The Morgan fingerprint density at radius 3 is 2.60 bits per heavy atom. The van der Waals surface area contributed by atoms with Crippen molar-refractivity contribution in [2.45, 2.75) is 25.5 Å². The van der Waals surface area contributed by atoms with E-state index in [4.69, 9.17) is 0 Å². The lowest BCUT2D eigenvalue weighted by Crippen LogP contribution is -2.63. The Bertz CT molecular complexity index is 731. The van der Waals surface area contributed by atoms with Gasteiger partial charge < -0.3 is 20.4 Å². The molecule has 2 aliphatic heterocycles. The Hall–Kier alpha value is -1.59. The zero-order valence-electron chi connectivity index (χ0n) is 13.8. The molecule has 1 saturated heterocycles. The predicted molar refractivity (Wildman–Crippen MR) is 90.3 cm³/mol. The molecule has 0 radical (unpaired) electrons. The fraction of sp³-hybridized carbons (Fsp3) is 0.643. The summed E-state index contributed by atoms with van der Waals surface area (Å²) in [5.74, 6) is -3.03. The van der Waals surface area contributed by atoms with Crippen LogP contribution in [-0.2, 0) is 24.2 Å². The molecule has 2 amide bonds. The molecule has 0 aromatic carbocycles. The van der Waals surface area contributed by atoms with Crippen molar-refractivity contribution in [1.82, 2.24) is 10.2 Å². The normalized spacial score (nSPS) is 24.0. The molecule has 0 bridgehead atoms. The summed E-state index contributed by atoms with van der Waals surface area (Å²) in [6, 6.07) is -0.543. The van der Waals surface area contributed by atoms with Crippen LogP contribution < -0.4 is 5.32 Å². The summed E-state index contributed by atoms with van der Waals surface area (Å²) >= 11 is 1.23. The Morgan fingerprint density at radius 1 is 1.44 bits per heavy atom. The molecular weight excluding hydrogens is 372 g/mol. The van der Waals surface area contributed by atoms with E-state index in [1.807, 2.05) is 0 Å². The van der Waals surface area contributed by atoms with E-state index < -0.39 is 45.5 Å². The minimum Gasteiger partial charge on any atom is -0.477 e. The zero-order chi connectivity index (χ0) is 18.9. The van der Waals surface area contributed by atoms with Crippen LogP contribution in [0.5, 0.6) is 0 Å². The highest BCUT2D eigenvalue weighted by Gasteiger charge is 2.57. The Labute approximate surface area is 149 Å². The van der Waals surface area contributed by atoms with Crippen LogP contribution in [0.4, 0.5) is 0 Å². The van der Waals surface area contributed by atoms with Crippen molar-refractivity contribution >= 4 is 39.4 Å². The lowest BCUT2D eigenvalue weighted by Gasteiger charge is -2.45. The number of aliphatic hydroxyl groups excluding tert-OH is 1. The third-order valence-corrected chi connectivity index (χ3v) is 6.07. The van der Waals surface area contributed by atoms with Crippen molar-refractivity contribution in [3.8, 4) is 0 Å². The quantitative estimate of drug-likeness (QED) is 0.345. The van der Waals surface area contributed by atoms with Crippen LogP contribution in [0, 0.1) is 5.92 Å². The van der Waals surface area contributed by atoms with Gasteiger partial charge in [-0.1, -0.05) is 0 Å². The highest BCUT2D eigenvalue weighted by molar-refractivity contribution is 8.03. The molecule has 140 valence electrons. The summed E-state index contributed by atoms with van der Waals surface area (Å²) in [5.41, 5.74) is -0.120. The number of rotatable bonds is 8. The first-order valence-corrected chi connectivity index (χ1v) is 10.6. The number of hydrogen-bond donors (Lipinski definition) is 3. The number of nitrogens with one attached hydrogen (secondary N) is 1. The van der Waals surface area contributed by atoms with Gasteiger partial charge in [-0.2, -0.15) is 0 Å². The van der Waals surface area contributed by atoms with E-state index in [0.717, 1.165) is 11.2 Å². The van der Waals surface area contributed by atoms with Gasteiger partial charge in [-0.15, -0.1) is 11.8 Å². The molecule has 0 spiro atoms. The van der Waals surface area contributed by atoms with Crippen molar-refractivity contribution < 1.29 is 33.0 Å². The van der Waals surface area contributed by atoms with E-state index in [0.29, 0.717) is 17.2 Å². The molecule has 2 heterocycles. The fourth-order valence-electron chi connectivity index (χ4n) is 3.07. The van der Waals surface area contributed by atoms with Crippen LogP contribution in [0.2, 0.25) is 0 Å². The number of aliphatic carboxylic acids is 1. The van der Waals surface area contributed by atoms with Gasteiger partial charge in [-0.25, -0.2) is 13.2 Å². The number of carboxylic acids is 1. The summed E-state index contributed by atoms with van der Waals surface area (Å²) in [4.78, 5) is 36.2. The molecule has 0 saturated carbocycles. The molecule has 0 aliphatic carbocycles. The largest absolute Gasteiger partial charge is 0.477 e. The van der Waals surface area contributed by atoms with Crippen LogP contribution in [0.15, 0.2) is 10.6 Å². The van der Waals surface area contributed by atoms with E-state index >= 15 is 0 Å². The van der Waals surface area contributed by atoms with Crippen molar-refractivity contribution in [2.24, 2.45) is 5.92 Å². The van der Waals surface area contributed by atoms with Crippen LogP contribution in [0.25, 0.3) is 0 Å². The lowest BCUT2D eigenvalue weighted by molar-refractivity contribution is -0.160. The summed E-state index contributed by atoms with van der Waals surface area (Å²) in [6.45, 7) is 1.73. The molecule has 3 atom stereocenters. The SMILES string of the molecule is CC(=O)NCCSC1=C(C(=O)O)N2C(=O)[C@@H]([C@@H](O)CS(C)(=O)=O)[C@H]2C1. The molecule has 2 aliphatic rings. The summed E-state index contributed by atoms with van der Waals surface area (Å²) in [7, 11) is -3.46. The topological polar surface area (TPSA) is 141 Å². The average molecular weight is 392 g/mol. The van der Waals surface area contributed by atoms with Gasteiger partial charge in [0.05, 0.1) is 23.8 Å². The molecule has 0 aromatic rings. The van der Waals surface area contributed by atoms with Gasteiger partial charge >= 0.3 is 5.97 Å². The Morgan fingerprint density at radius 2 is 2.08 bits per heavy atom. The first kappa shape index (κ1) is 19.7. The summed E-state index contributed by atoms with van der Waals surface area (Å²) in [5, 5.41) is 22.0. The molecule has 3 N–H and O–H groups in total. The van der Waals surface area contributed by atoms with Gasteiger partial charge in [0.15, 0.2) is 0 Å². The zero-order valence-corrected chi connectivity index (χ0v) is 15.4. The third kappa shape index (κ3) is 4.33. The van der Waals surface area contributed by atoms with E-state index in [9.17, 15) is 33.0 Å². The number of carbonyl (C=O) groups excluding carboxylic acids is 2. The van der Waals surface area contributed by atoms with Crippen LogP contribution >= 0.6 is 11.8 Å². The summed E-state index contributed by atoms with van der Waals surface area (Å²) in [6.07, 6.45) is -0.137. The standard InChI is InChI=1S/C14H20N2O7S2/c1-7(17)15-3-4-24-10-5-8-11(9(18)6-25(2,22)23)13(19)16(8)12(10)14(20)21/h8-9,11,18H,3-6H2,1-2H3,(H,15,17)(H,20,21)/t8-,9+,11-/m1/s1. The van der Waals surface area contributed by atoms with Crippen molar-refractivity contribution in [2.75, 3.05) is 24.3 Å². The fourth-order valence-corrected chi connectivity index (χ4v) is 4.96. The second-order valence-electron chi connectivity index (χ2n) is 6.07. The van der Waals surface area contributed by atoms with Gasteiger partial charge in [-0.05, 0) is 0 Å². The van der Waals surface area contributed by atoms with Gasteiger partial charge in [-0.3, -0.25) is 9.59 Å². The highest BCUT2D eigenvalue weighted by Crippen LogP contribution is 2.47. The first-order chi connectivity index (χ1) is 11.5.